The zero-order valence-corrected chi connectivity index (χ0v) is 11.1. The van der Waals surface area contributed by atoms with Crippen LogP contribution in [0.3, 0.4) is 0 Å². The fraction of sp³-hybridized carbons (Fsp3) is 0.118. The minimum atomic E-state index is -0.375. The Balaban J connectivity index is 1.94. The molecule has 0 amide bonds. The quantitative estimate of drug-likeness (QED) is 0.633. The summed E-state index contributed by atoms with van der Waals surface area (Å²) in [4.78, 5) is 11.7. The van der Waals surface area contributed by atoms with Gasteiger partial charge in [0.1, 0.15) is 5.75 Å². The summed E-state index contributed by atoms with van der Waals surface area (Å²) in [7, 11) is 1.59. The minimum absolute atomic E-state index is 0.0474. The Morgan fingerprint density at radius 1 is 1.05 bits per heavy atom. The van der Waals surface area contributed by atoms with Crippen molar-refractivity contribution >= 4 is 5.97 Å². The fourth-order valence-electron chi connectivity index (χ4n) is 1.64. The number of carbonyl (C=O) groups is 1. The molecule has 0 radical (unpaired) electrons. The van der Waals surface area contributed by atoms with Gasteiger partial charge in [0.05, 0.1) is 18.2 Å². The summed E-state index contributed by atoms with van der Waals surface area (Å²) in [5, 5.41) is 0. The van der Waals surface area contributed by atoms with Crippen LogP contribution >= 0.6 is 0 Å². The second-order valence-corrected chi connectivity index (χ2v) is 3.94. The summed E-state index contributed by atoms with van der Waals surface area (Å²) in [5.41, 5.74) is 1.29. The molecular formula is C17H14O3. The van der Waals surface area contributed by atoms with Crippen LogP contribution in [-0.4, -0.2) is 19.7 Å². The molecule has 0 atom stereocenters. The molecule has 3 nitrogen and oxygen atoms in total. The van der Waals surface area contributed by atoms with E-state index in [1.54, 1.807) is 31.4 Å². The highest BCUT2D eigenvalue weighted by molar-refractivity contribution is 5.89. The Kier molecular flexibility index (Phi) is 4.80. The average molecular weight is 266 g/mol. The number of rotatable bonds is 3. The van der Waals surface area contributed by atoms with Gasteiger partial charge in [0.25, 0.3) is 0 Å². The number of para-hydroxylation sites is 1. The lowest BCUT2D eigenvalue weighted by atomic mass is 10.2. The number of ether oxygens (including phenoxy) is 2. The average Bonchev–Trinajstić information content (AvgIpc) is 2.52. The van der Waals surface area contributed by atoms with Crippen molar-refractivity contribution in [3.63, 3.8) is 0 Å². The van der Waals surface area contributed by atoms with E-state index in [2.05, 4.69) is 11.8 Å². The maximum Gasteiger partial charge on any atom is 0.339 e. The number of methoxy groups -OCH3 is 1. The van der Waals surface area contributed by atoms with Crippen LogP contribution in [0.2, 0.25) is 0 Å². The highest BCUT2D eigenvalue weighted by Crippen LogP contribution is 2.15. The van der Waals surface area contributed by atoms with E-state index in [0.717, 1.165) is 5.56 Å². The Morgan fingerprint density at radius 3 is 2.50 bits per heavy atom. The van der Waals surface area contributed by atoms with Crippen molar-refractivity contribution in [2.75, 3.05) is 13.7 Å². The number of esters is 1. The molecule has 0 unspecified atom stereocenters. The monoisotopic (exact) mass is 266 g/mol. The van der Waals surface area contributed by atoms with Gasteiger partial charge in [-0.25, -0.2) is 4.79 Å². The molecule has 3 heteroatoms. The van der Waals surface area contributed by atoms with Crippen LogP contribution in [0.4, 0.5) is 0 Å². The first-order valence-electron chi connectivity index (χ1n) is 6.15. The molecule has 0 heterocycles. The van der Waals surface area contributed by atoms with Crippen LogP contribution in [0.5, 0.6) is 5.75 Å². The van der Waals surface area contributed by atoms with Crippen molar-refractivity contribution < 1.29 is 14.3 Å². The smallest absolute Gasteiger partial charge is 0.339 e. The molecule has 2 aromatic rings. The van der Waals surface area contributed by atoms with Crippen LogP contribution in [0.15, 0.2) is 54.6 Å². The number of hydrogen-bond donors (Lipinski definition) is 0. The van der Waals surface area contributed by atoms with Crippen LogP contribution < -0.4 is 4.74 Å². The van der Waals surface area contributed by atoms with Crippen LogP contribution in [0.1, 0.15) is 15.9 Å². The maximum absolute atomic E-state index is 11.7. The summed E-state index contributed by atoms with van der Waals surface area (Å²) in [5.74, 6) is 6.05. The van der Waals surface area contributed by atoms with Crippen molar-refractivity contribution in [3.8, 4) is 17.6 Å². The van der Waals surface area contributed by atoms with Gasteiger partial charge in [-0.2, -0.15) is 0 Å². The number of benzene rings is 2. The molecule has 0 aromatic heterocycles. The Bertz CT molecular complexity index is 636. The molecule has 0 N–H and O–H groups in total. The molecule has 0 saturated carbocycles. The fourth-order valence-corrected chi connectivity index (χ4v) is 1.64. The topological polar surface area (TPSA) is 35.5 Å². The van der Waals surface area contributed by atoms with Crippen LogP contribution in [-0.2, 0) is 4.74 Å². The molecule has 0 spiro atoms. The van der Waals surface area contributed by atoms with Crippen molar-refractivity contribution in [3.05, 3.63) is 65.7 Å². The molecule has 0 bridgehead atoms. The largest absolute Gasteiger partial charge is 0.495 e. The lowest BCUT2D eigenvalue weighted by Gasteiger charge is -2.01. The lowest BCUT2D eigenvalue weighted by Crippen LogP contribution is -2.04. The van der Waals surface area contributed by atoms with Gasteiger partial charge in [-0.3, -0.25) is 0 Å². The van der Waals surface area contributed by atoms with Gasteiger partial charge in [0.2, 0.25) is 0 Å². The van der Waals surface area contributed by atoms with Crippen molar-refractivity contribution in [2.45, 2.75) is 0 Å². The molecule has 0 fully saturated rings. The van der Waals surface area contributed by atoms with E-state index in [0.29, 0.717) is 11.3 Å². The Morgan fingerprint density at radius 2 is 1.75 bits per heavy atom. The van der Waals surface area contributed by atoms with Gasteiger partial charge < -0.3 is 9.47 Å². The molecule has 100 valence electrons. The van der Waals surface area contributed by atoms with E-state index in [9.17, 15) is 4.79 Å². The van der Waals surface area contributed by atoms with Crippen molar-refractivity contribution in [1.82, 2.24) is 0 Å². The van der Waals surface area contributed by atoms with E-state index in [4.69, 9.17) is 9.47 Å². The SMILES string of the molecule is COc1ccccc1C#CCOC(=O)c1ccccc1. The summed E-state index contributed by atoms with van der Waals surface area (Å²) < 4.78 is 10.3. The standard InChI is InChI=1S/C17H14O3/c1-19-16-12-6-5-8-14(16)11-7-13-20-17(18)15-9-3-2-4-10-15/h2-6,8-10,12H,13H2,1H3. The summed E-state index contributed by atoms with van der Waals surface area (Å²) in [6, 6.07) is 16.3. The van der Waals surface area contributed by atoms with E-state index < -0.39 is 0 Å². The highest BCUT2D eigenvalue weighted by Gasteiger charge is 2.03. The first-order chi connectivity index (χ1) is 9.81. The highest BCUT2D eigenvalue weighted by atomic mass is 16.5. The molecule has 2 aromatic carbocycles. The third kappa shape index (κ3) is 3.63. The molecule has 0 aliphatic heterocycles. The predicted octanol–water partition coefficient (Wildman–Crippen LogP) is 2.90. The first-order valence-corrected chi connectivity index (χ1v) is 6.15. The van der Waals surface area contributed by atoms with E-state index >= 15 is 0 Å². The molecule has 0 aliphatic carbocycles. The minimum Gasteiger partial charge on any atom is -0.495 e. The number of carbonyl (C=O) groups excluding carboxylic acids is 1. The second kappa shape index (κ2) is 7.01. The van der Waals surface area contributed by atoms with Crippen LogP contribution in [0.25, 0.3) is 0 Å². The first kappa shape index (κ1) is 13.7. The van der Waals surface area contributed by atoms with Crippen molar-refractivity contribution in [2.24, 2.45) is 0 Å². The maximum atomic E-state index is 11.7. The zero-order valence-electron chi connectivity index (χ0n) is 11.1. The van der Waals surface area contributed by atoms with E-state index in [1.165, 1.54) is 0 Å². The van der Waals surface area contributed by atoms with E-state index in [1.807, 2.05) is 30.3 Å². The number of hydrogen-bond acceptors (Lipinski definition) is 3. The normalized spacial score (nSPS) is 9.25. The van der Waals surface area contributed by atoms with Gasteiger partial charge in [0, 0.05) is 0 Å². The predicted molar refractivity (Wildman–Crippen MR) is 76.6 cm³/mol. The molecular weight excluding hydrogens is 252 g/mol. The van der Waals surface area contributed by atoms with Gasteiger partial charge in [0.15, 0.2) is 6.61 Å². The van der Waals surface area contributed by atoms with Crippen LogP contribution in [0, 0.1) is 11.8 Å². The third-order valence-electron chi connectivity index (χ3n) is 2.61. The van der Waals surface area contributed by atoms with E-state index in [-0.39, 0.29) is 12.6 Å². The second-order valence-electron chi connectivity index (χ2n) is 3.94. The zero-order chi connectivity index (χ0) is 14.2. The Hall–Kier alpha value is -2.73. The summed E-state index contributed by atoms with van der Waals surface area (Å²) in [6.07, 6.45) is 0. The van der Waals surface area contributed by atoms with Crippen molar-refractivity contribution in [1.29, 1.82) is 0 Å². The summed E-state index contributed by atoms with van der Waals surface area (Å²) in [6.45, 7) is 0.0474. The molecule has 20 heavy (non-hydrogen) atoms. The lowest BCUT2D eigenvalue weighted by molar-refractivity contribution is 0.0556. The Labute approximate surface area is 118 Å². The third-order valence-corrected chi connectivity index (χ3v) is 2.61. The summed E-state index contributed by atoms with van der Waals surface area (Å²) >= 11 is 0. The molecule has 2 rings (SSSR count). The van der Waals surface area contributed by atoms with Gasteiger partial charge in [-0.1, -0.05) is 42.2 Å². The molecule has 0 saturated heterocycles. The molecule has 0 aliphatic rings. The van der Waals surface area contributed by atoms with Gasteiger partial charge >= 0.3 is 5.97 Å². The van der Waals surface area contributed by atoms with Gasteiger partial charge in [-0.05, 0) is 24.3 Å². The van der Waals surface area contributed by atoms with Gasteiger partial charge in [-0.15, -0.1) is 0 Å².